The molecule has 13 fully saturated rings. The molecule has 18 rings (SSSR count). The first-order valence-electron chi connectivity index (χ1n) is 52.1. The third-order valence-electron chi connectivity index (χ3n) is 37.1. The van der Waals surface area contributed by atoms with Gasteiger partial charge in [0.1, 0.15) is 72.2 Å². The van der Waals surface area contributed by atoms with Gasteiger partial charge in [-0.05, 0) is 172 Å². The van der Waals surface area contributed by atoms with Crippen molar-refractivity contribution in [3.63, 3.8) is 0 Å². The number of Topliss-reactive ketones (excluding diaryl/α,β-unsaturated/α-hetero) is 1. The average Bonchev–Trinajstić information content (AvgIpc) is 0.969. The van der Waals surface area contributed by atoms with E-state index in [1.807, 2.05) is 163 Å². The number of esters is 1. The van der Waals surface area contributed by atoms with Gasteiger partial charge in [0, 0.05) is 48.3 Å². The lowest BCUT2D eigenvalue weighted by Crippen LogP contribution is -2.69. The van der Waals surface area contributed by atoms with Crippen LogP contribution >= 0.6 is 0 Å². The maximum absolute atomic E-state index is 17.1. The normalized spacial score (nSPS) is 46.3. The molecule has 0 amide bonds. The van der Waals surface area contributed by atoms with E-state index in [4.69, 9.17) is 110 Å². The Morgan fingerprint density at radius 3 is 1.80 bits per heavy atom. The van der Waals surface area contributed by atoms with E-state index in [2.05, 4.69) is 96.1 Å². The van der Waals surface area contributed by atoms with Gasteiger partial charge in [0.15, 0.2) is 55.6 Å². The first kappa shape index (κ1) is 103. The Morgan fingerprint density at radius 2 is 1.13 bits per heavy atom. The minimum Gasteiger partial charge on any atom is -0.432 e. The first-order chi connectivity index (χ1) is 65.9. The predicted octanol–water partition coefficient (Wildman–Crippen LogP) is 17.9. The quantitative estimate of drug-likeness (QED) is 0.0220. The summed E-state index contributed by atoms with van der Waals surface area (Å²) in [4.78, 5) is 46.0. The number of hydrogen-bond donors (Lipinski definition) is 1. The second-order valence-electron chi connectivity index (χ2n) is 46.4. The van der Waals surface area contributed by atoms with Gasteiger partial charge >= 0.3 is 5.97 Å². The number of carbonyl (C=O) groups excluding carboxylic acids is 3. The molecule has 14 aliphatic rings. The number of rotatable bonds is 30. The molecule has 4 saturated carbocycles. The maximum Gasteiger partial charge on any atom is 0.317 e. The van der Waals surface area contributed by atoms with Crippen molar-refractivity contribution in [1.29, 1.82) is 0 Å². The van der Waals surface area contributed by atoms with Gasteiger partial charge in [0.2, 0.25) is 6.29 Å². The summed E-state index contributed by atoms with van der Waals surface area (Å²) in [6.45, 7) is 45.0. The summed E-state index contributed by atoms with van der Waals surface area (Å²) in [6.07, 6.45) is -7.53. The molecule has 9 saturated heterocycles. The fourth-order valence-corrected chi connectivity index (χ4v) is 27.8. The number of ether oxygens (including phenoxy) is 22. The lowest BCUT2D eigenvalue weighted by molar-refractivity contribution is -0.374. The summed E-state index contributed by atoms with van der Waals surface area (Å²) in [6, 6.07) is 39.2. The average molecular weight is 1920 g/mol. The zero-order valence-electron chi connectivity index (χ0n) is 85.5. The number of methoxy groups -OCH3 is 1. The fraction of sp³-hybridized carbons (Fsp3) is 0.741. The highest BCUT2D eigenvalue weighted by molar-refractivity contribution is 5.81. The van der Waals surface area contributed by atoms with Crippen molar-refractivity contribution in [1.82, 2.24) is 0 Å². The second kappa shape index (κ2) is 41.1. The number of benzene rings is 4. The van der Waals surface area contributed by atoms with Crippen LogP contribution < -0.4 is 5.73 Å². The number of ketones is 1. The van der Waals surface area contributed by atoms with Crippen LogP contribution in [-0.4, -0.2) is 211 Å². The number of fused-ring (bicyclic) bond motifs is 9. The largest absolute Gasteiger partial charge is 0.432 e. The van der Waals surface area contributed by atoms with Gasteiger partial charge in [0.05, 0.1) is 94.9 Å². The minimum atomic E-state index is -1.34. The van der Waals surface area contributed by atoms with Crippen molar-refractivity contribution in [2.24, 2.45) is 109 Å². The molecular weight excluding hydrogens is 1760 g/mol. The number of aldehydes is 1. The highest BCUT2D eigenvalue weighted by Crippen LogP contribution is 2.77. The maximum atomic E-state index is 17.1. The topological polar surface area (TPSA) is 280 Å². The molecule has 138 heavy (non-hydrogen) atoms. The highest BCUT2D eigenvalue weighted by Gasteiger charge is 2.74. The number of nitrogens with two attached hydrogens (primary N) is 1. The molecule has 26 heteroatoms. The summed E-state index contributed by atoms with van der Waals surface area (Å²) < 4.78 is 155. The SMILES string of the molecule is CCC1O[C@@H](OC2[C@H](O[C@H]3CCC4(C)C5CC=C6C7CC(C)(C)CC[C@]7(C(=O)O[C@@H]7O[C@H](COCc8ccccc8)[C@H](N)C(C)C7O[C@@H]7OC(C)[C@H](O[C@@H]8OC[C@@H](OCc9ccccc9)C(O[C@@H]9OC[C@]%10(COCc%11ccccc%11)O[C@@H](c%11ccccc%11)OC9%10)C8C)C8OC(C)(C)OC87)[C@H](OC)CC6(C)C5(C)CC[C@H]4C3(C)C=O)OC(C(C)=O)[C@@H](C)[C@@H]2O[C@@H]2OC[C@@H](C)[C@H](C)C2C)C(C)[C@@H](C)[C@H]1C. The van der Waals surface area contributed by atoms with E-state index < -0.39 is 193 Å². The number of carbonyl (C=O) groups is 3. The summed E-state index contributed by atoms with van der Waals surface area (Å²) in [7, 11) is 1.76. The molecule has 0 bridgehead atoms. The Balaban J connectivity index is 0.609. The van der Waals surface area contributed by atoms with E-state index in [0.717, 1.165) is 60.8 Å². The van der Waals surface area contributed by atoms with Crippen LogP contribution in [0.15, 0.2) is 133 Å². The van der Waals surface area contributed by atoms with Gasteiger partial charge in [-0.15, -0.1) is 0 Å². The zero-order valence-corrected chi connectivity index (χ0v) is 85.5. The molecule has 42 atom stereocenters. The Hall–Kier alpha value is -5.45. The van der Waals surface area contributed by atoms with Gasteiger partial charge in [-0.1, -0.05) is 244 Å². The Morgan fingerprint density at radius 1 is 0.514 bits per heavy atom. The van der Waals surface area contributed by atoms with Crippen LogP contribution in [0, 0.1) is 104 Å². The van der Waals surface area contributed by atoms with Crippen LogP contribution in [0.2, 0.25) is 0 Å². The van der Waals surface area contributed by atoms with Crippen LogP contribution in [0.1, 0.15) is 231 Å². The molecule has 19 unspecified atom stereocenters. The molecule has 0 radical (unpaired) electrons. The molecule has 4 aromatic carbocycles. The van der Waals surface area contributed by atoms with Crippen molar-refractivity contribution in [2.45, 2.75) is 382 Å². The molecule has 5 aliphatic carbocycles. The lowest BCUT2D eigenvalue weighted by Gasteiger charge is -2.71. The molecular formula is C112H159NO25. The summed E-state index contributed by atoms with van der Waals surface area (Å²) in [5.41, 5.74) is 7.95. The van der Waals surface area contributed by atoms with Crippen LogP contribution in [0.4, 0.5) is 0 Å². The summed E-state index contributed by atoms with van der Waals surface area (Å²) >= 11 is 0. The summed E-state index contributed by atoms with van der Waals surface area (Å²) in [5.74, 6) is -2.30. The molecule has 9 heterocycles. The van der Waals surface area contributed by atoms with Crippen LogP contribution in [0.25, 0.3) is 0 Å². The van der Waals surface area contributed by atoms with Gasteiger partial charge in [-0.3, -0.25) is 9.59 Å². The Kier molecular flexibility index (Phi) is 30.5. The van der Waals surface area contributed by atoms with E-state index in [-0.39, 0.29) is 96.7 Å². The third kappa shape index (κ3) is 19.2. The van der Waals surface area contributed by atoms with E-state index in [1.54, 1.807) is 14.0 Å². The van der Waals surface area contributed by atoms with Crippen molar-refractivity contribution >= 4 is 18.0 Å². The zero-order chi connectivity index (χ0) is 97.7. The van der Waals surface area contributed by atoms with Crippen molar-refractivity contribution in [3.05, 3.63) is 155 Å². The lowest BCUT2D eigenvalue weighted by atomic mass is 9.33. The number of allylic oxidation sites excluding steroid dienone is 2. The molecule has 762 valence electrons. The van der Waals surface area contributed by atoms with E-state index in [9.17, 15) is 9.59 Å². The molecule has 26 nitrogen and oxygen atoms in total. The number of hydrogen-bond acceptors (Lipinski definition) is 26. The fourth-order valence-electron chi connectivity index (χ4n) is 27.8. The van der Waals surface area contributed by atoms with Gasteiger partial charge in [-0.2, -0.15) is 0 Å². The van der Waals surface area contributed by atoms with E-state index >= 15 is 4.79 Å². The van der Waals surface area contributed by atoms with E-state index in [0.29, 0.717) is 63.3 Å². The summed E-state index contributed by atoms with van der Waals surface area (Å²) in [5, 5.41) is 0. The molecule has 9 aliphatic heterocycles. The van der Waals surface area contributed by atoms with E-state index in [1.165, 1.54) is 11.9 Å². The minimum absolute atomic E-state index is 0.00187. The first-order valence-corrected chi connectivity index (χ1v) is 52.1. The van der Waals surface area contributed by atoms with Crippen LogP contribution in [0.5, 0.6) is 0 Å². The highest BCUT2D eigenvalue weighted by atomic mass is 16.8. The van der Waals surface area contributed by atoms with Gasteiger partial charge in [-0.25, -0.2) is 0 Å². The Labute approximate surface area is 818 Å². The molecule has 2 N–H and O–H groups in total. The monoisotopic (exact) mass is 1920 g/mol. The molecule has 0 spiro atoms. The van der Waals surface area contributed by atoms with Crippen LogP contribution in [-0.2, 0) is 138 Å². The van der Waals surface area contributed by atoms with Crippen LogP contribution in [0.3, 0.4) is 0 Å². The molecule has 0 aromatic heterocycles. The van der Waals surface area contributed by atoms with Crippen molar-refractivity contribution in [2.75, 3.05) is 40.1 Å². The van der Waals surface area contributed by atoms with Gasteiger partial charge in [0.25, 0.3) is 0 Å². The predicted molar refractivity (Wildman–Crippen MR) is 511 cm³/mol. The second-order valence-corrected chi connectivity index (χ2v) is 46.4. The Bertz CT molecular complexity index is 4780. The third-order valence-corrected chi connectivity index (χ3v) is 37.1. The van der Waals surface area contributed by atoms with Crippen molar-refractivity contribution < 1.29 is 119 Å². The van der Waals surface area contributed by atoms with Crippen molar-refractivity contribution in [3.8, 4) is 0 Å². The molecule has 4 aromatic rings. The standard InChI is InChI=1S/C112H159NO25/c1-22-79-65(5)64(4)67(7)98(125-79)133-93-89(130-96-66(6)63(3)62(2)53-121-96)69(9)87(71(11)115)128-101(93)127-84-46-47-107(17)82(108(84,18)59-114)45-48-109(19)83(107)44-43-77-78-51-105(13,14)49-50-112(78,85(117-21)52-110(77,109)20)104(116)135-100-90(68(8)86(113)80(126-100)57-118-54-73-35-27-23-28-36-73)131-102-94-92(136-106(15,16)137-94)91(72(12)124-102)132-97-70(10)88(81(58-122-97)120-56-75-39-31-25-32-40-75)129-103-95-111(61-123-103,60-119-55-74-37-29-24-30-38-74)138-99(134-95)76-41-33-26-34-42-76/h23-43,59,62-70,72,78-103H,22,44-58,60-61,113H2,1-21H3/t62-,63+,64+,65-,66?,67?,68?,69-,70?,72?,78?,79?,80-,81-,82-,83?,84+,85-,86-,87?,88?,89+,90?,91+,92?,93?,94?,95?,96+,97+,98+,99+,100+,101-,102+,103+,107?,108?,109?,110?,111+,112-/m1/s1. The smallest absolute Gasteiger partial charge is 0.317 e. The van der Waals surface area contributed by atoms with Gasteiger partial charge < -0.3 is 115 Å².